The van der Waals surface area contributed by atoms with Crippen LogP contribution in [0.5, 0.6) is 0 Å². The highest BCUT2D eigenvalue weighted by molar-refractivity contribution is 7.11. The van der Waals surface area contributed by atoms with Gasteiger partial charge in [-0.2, -0.15) is 0 Å². The second kappa shape index (κ2) is 5.06. The van der Waals surface area contributed by atoms with Gasteiger partial charge in [0, 0.05) is 6.54 Å². The molecule has 2 atom stereocenters. The molecule has 1 aliphatic heterocycles. The van der Waals surface area contributed by atoms with E-state index in [1.807, 2.05) is 6.92 Å². The first-order valence-electron chi connectivity index (χ1n) is 5.96. The molecule has 0 saturated carbocycles. The first-order valence-corrected chi connectivity index (χ1v) is 6.84. The third-order valence-corrected chi connectivity index (χ3v) is 4.30. The number of hydrogen-bond donors (Lipinski definition) is 1. The number of aromatic nitrogens is 1. The molecular weight excluding hydrogens is 252 g/mol. The molecule has 1 fully saturated rings. The van der Waals surface area contributed by atoms with Crippen LogP contribution in [0.1, 0.15) is 35.1 Å². The fourth-order valence-corrected chi connectivity index (χ4v) is 3.19. The summed E-state index contributed by atoms with van der Waals surface area (Å²) in [7, 11) is 0. The number of carboxylic acid groups (broad SMARTS) is 1. The molecule has 2 rings (SSSR count). The van der Waals surface area contributed by atoms with Gasteiger partial charge in [-0.1, -0.05) is 6.92 Å². The van der Waals surface area contributed by atoms with Crippen LogP contribution in [-0.2, 0) is 4.79 Å². The number of carboxylic acids is 1. The number of nitrogens with zero attached hydrogens (tertiary/aromatic N) is 2. The van der Waals surface area contributed by atoms with Gasteiger partial charge in [0.15, 0.2) is 0 Å². The first kappa shape index (κ1) is 13.0. The minimum Gasteiger partial charge on any atom is -0.480 e. The van der Waals surface area contributed by atoms with Crippen LogP contribution in [0.2, 0.25) is 0 Å². The van der Waals surface area contributed by atoms with E-state index in [0.717, 1.165) is 12.8 Å². The molecule has 0 aliphatic carbocycles. The molecule has 1 amide bonds. The van der Waals surface area contributed by atoms with Gasteiger partial charge in [-0.25, -0.2) is 9.78 Å². The summed E-state index contributed by atoms with van der Waals surface area (Å²) in [6, 6.07) is -0.715. The molecule has 98 valence electrons. The predicted molar refractivity (Wildman–Crippen MR) is 67.7 cm³/mol. The smallest absolute Gasteiger partial charge is 0.326 e. The van der Waals surface area contributed by atoms with Crippen LogP contribution < -0.4 is 0 Å². The minimum absolute atomic E-state index is 0.00609. The molecule has 1 saturated heterocycles. The van der Waals surface area contributed by atoms with E-state index in [1.165, 1.54) is 16.2 Å². The summed E-state index contributed by atoms with van der Waals surface area (Å²) in [5, 5.41) is 9.29. The van der Waals surface area contributed by atoms with E-state index in [-0.39, 0.29) is 11.8 Å². The van der Waals surface area contributed by atoms with E-state index >= 15 is 0 Å². The maximum Gasteiger partial charge on any atom is 0.326 e. The van der Waals surface area contributed by atoms with Crippen LogP contribution in [0.15, 0.2) is 5.51 Å². The van der Waals surface area contributed by atoms with Crippen molar-refractivity contribution in [2.75, 3.05) is 6.54 Å². The third kappa shape index (κ3) is 2.25. The van der Waals surface area contributed by atoms with Gasteiger partial charge in [0.25, 0.3) is 5.91 Å². The molecule has 18 heavy (non-hydrogen) atoms. The van der Waals surface area contributed by atoms with Gasteiger partial charge < -0.3 is 10.0 Å². The highest BCUT2D eigenvalue weighted by Gasteiger charge is 2.38. The van der Waals surface area contributed by atoms with Crippen molar-refractivity contribution in [1.29, 1.82) is 0 Å². The minimum atomic E-state index is -0.919. The second-order valence-corrected chi connectivity index (χ2v) is 5.52. The van der Waals surface area contributed by atoms with Crippen LogP contribution in [0.4, 0.5) is 0 Å². The Bertz CT molecular complexity index is 472. The number of thiazole rings is 1. The molecule has 5 nitrogen and oxygen atoms in total. The Morgan fingerprint density at radius 1 is 1.56 bits per heavy atom. The Hall–Kier alpha value is -1.43. The van der Waals surface area contributed by atoms with Crippen molar-refractivity contribution in [3.8, 4) is 0 Å². The molecule has 6 heteroatoms. The standard InChI is InChI=1S/C12H16N2O3S/c1-7-4-3-5-14(9(7)12(16)17)11(15)10-8(2)13-6-18-10/h6-7,9H,3-5H2,1-2H3,(H,16,17). The number of hydrogen-bond acceptors (Lipinski definition) is 4. The molecule has 2 heterocycles. The van der Waals surface area contributed by atoms with Crippen molar-refractivity contribution in [1.82, 2.24) is 9.88 Å². The number of piperidine rings is 1. The molecule has 2 unspecified atom stereocenters. The molecule has 0 radical (unpaired) electrons. The van der Waals surface area contributed by atoms with Gasteiger partial charge in [-0.05, 0) is 25.7 Å². The normalized spacial score (nSPS) is 24.0. The molecule has 0 bridgehead atoms. The lowest BCUT2D eigenvalue weighted by molar-refractivity contribution is -0.145. The summed E-state index contributed by atoms with van der Waals surface area (Å²) in [4.78, 5) is 29.8. The zero-order valence-electron chi connectivity index (χ0n) is 10.4. The Morgan fingerprint density at radius 3 is 2.83 bits per heavy atom. The summed E-state index contributed by atoms with van der Waals surface area (Å²) >= 11 is 1.27. The van der Waals surface area contributed by atoms with Crippen molar-refractivity contribution >= 4 is 23.2 Å². The van der Waals surface area contributed by atoms with E-state index < -0.39 is 12.0 Å². The fourth-order valence-electron chi connectivity index (χ4n) is 2.43. The van der Waals surface area contributed by atoms with Gasteiger partial charge >= 0.3 is 5.97 Å². The largest absolute Gasteiger partial charge is 0.480 e. The number of carbonyl (C=O) groups excluding carboxylic acids is 1. The second-order valence-electron chi connectivity index (χ2n) is 4.67. The van der Waals surface area contributed by atoms with Crippen molar-refractivity contribution in [2.24, 2.45) is 5.92 Å². The van der Waals surface area contributed by atoms with Crippen LogP contribution >= 0.6 is 11.3 Å². The van der Waals surface area contributed by atoms with E-state index in [9.17, 15) is 14.7 Å². The average molecular weight is 268 g/mol. The van der Waals surface area contributed by atoms with Gasteiger partial charge in [-0.15, -0.1) is 11.3 Å². The Balaban J connectivity index is 2.28. The van der Waals surface area contributed by atoms with Gasteiger partial charge in [0.05, 0.1) is 11.2 Å². The highest BCUT2D eigenvalue weighted by atomic mass is 32.1. The number of aryl methyl sites for hydroxylation is 1. The zero-order chi connectivity index (χ0) is 13.3. The van der Waals surface area contributed by atoms with Crippen molar-refractivity contribution in [3.63, 3.8) is 0 Å². The maximum atomic E-state index is 12.4. The molecule has 1 aliphatic rings. The molecule has 0 aromatic carbocycles. The molecule has 0 spiro atoms. The number of rotatable bonds is 2. The highest BCUT2D eigenvalue weighted by Crippen LogP contribution is 2.26. The third-order valence-electron chi connectivity index (χ3n) is 3.39. The van der Waals surface area contributed by atoms with Crippen LogP contribution in [0.25, 0.3) is 0 Å². The number of aliphatic carboxylic acids is 1. The number of carbonyl (C=O) groups is 2. The van der Waals surface area contributed by atoms with Gasteiger partial charge in [-0.3, -0.25) is 4.79 Å². The van der Waals surface area contributed by atoms with Gasteiger partial charge in [0.2, 0.25) is 0 Å². The Kier molecular flexibility index (Phi) is 3.65. The Labute approximate surface area is 109 Å². The SMILES string of the molecule is Cc1ncsc1C(=O)N1CCCC(C)C1C(=O)O. The summed E-state index contributed by atoms with van der Waals surface area (Å²) < 4.78 is 0. The maximum absolute atomic E-state index is 12.4. The molecule has 1 aromatic heterocycles. The summed E-state index contributed by atoms with van der Waals surface area (Å²) in [6.45, 7) is 4.17. The van der Waals surface area contributed by atoms with Crippen molar-refractivity contribution < 1.29 is 14.7 Å². The topological polar surface area (TPSA) is 70.5 Å². The van der Waals surface area contributed by atoms with E-state index in [0.29, 0.717) is 17.1 Å². The Morgan fingerprint density at radius 2 is 2.28 bits per heavy atom. The fraction of sp³-hybridized carbons (Fsp3) is 0.583. The average Bonchev–Trinajstić information content (AvgIpc) is 2.73. The van der Waals surface area contributed by atoms with Crippen LogP contribution in [0, 0.1) is 12.8 Å². The monoisotopic (exact) mass is 268 g/mol. The van der Waals surface area contributed by atoms with Crippen molar-refractivity contribution in [3.05, 3.63) is 16.1 Å². The molecule has 1 N–H and O–H groups in total. The summed E-state index contributed by atoms with van der Waals surface area (Å²) in [5.41, 5.74) is 2.29. The van der Waals surface area contributed by atoms with Crippen LogP contribution in [-0.4, -0.2) is 39.5 Å². The lowest BCUT2D eigenvalue weighted by Crippen LogP contribution is -2.51. The molecular formula is C12H16N2O3S. The van der Waals surface area contributed by atoms with E-state index in [1.54, 1.807) is 12.4 Å². The van der Waals surface area contributed by atoms with E-state index in [2.05, 4.69) is 4.98 Å². The first-order chi connectivity index (χ1) is 8.52. The quantitative estimate of drug-likeness (QED) is 0.887. The number of amides is 1. The lowest BCUT2D eigenvalue weighted by atomic mass is 9.90. The predicted octanol–water partition coefficient (Wildman–Crippen LogP) is 1.78. The number of likely N-dealkylation sites (tertiary alicyclic amines) is 1. The summed E-state index contributed by atoms with van der Waals surface area (Å²) in [6.07, 6.45) is 1.71. The van der Waals surface area contributed by atoms with Crippen LogP contribution in [0.3, 0.4) is 0 Å². The molecule has 1 aromatic rings. The lowest BCUT2D eigenvalue weighted by Gasteiger charge is -2.37. The zero-order valence-corrected chi connectivity index (χ0v) is 11.2. The van der Waals surface area contributed by atoms with Crippen molar-refractivity contribution in [2.45, 2.75) is 32.7 Å². The van der Waals surface area contributed by atoms with Gasteiger partial charge in [0.1, 0.15) is 10.9 Å². The summed E-state index contributed by atoms with van der Waals surface area (Å²) in [5.74, 6) is -1.12. The van der Waals surface area contributed by atoms with E-state index in [4.69, 9.17) is 0 Å².